The maximum atomic E-state index is 10.6. The molecule has 0 fully saturated rings. The first kappa shape index (κ1) is 16.7. The quantitative estimate of drug-likeness (QED) is 0.765. The fourth-order valence-electron chi connectivity index (χ4n) is 2.93. The molecule has 2 heterocycles. The topological polar surface area (TPSA) is 76.1 Å². The van der Waals surface area contributed by atoms with Crippen molar-refractivity contribution in [1.29, 1.82) is 0 Å². The number of aromatic nitrogens is 4. The second-order valence-corrected chi connectivity index (χ2v) is 6.48. The number of hydrogen-bond acceptors (Lipinski definition) is 4. The van der Waals surface area contributed by atoms with E-state index in [4.69, 9.17) is 0 Å². The summed E-state index contributed by atoms with van der Waals surface area (Å²) in [5.41, 5.74) is -1.90. The summed E-state index contributed by atoms with van der Waals surface area (Å²) >= 11 is 0. The molecule has 0 aromatic carbocycles. The van der Waals surface area contributed by atoms with Gasteiger partial charge in [-0.15, -0.1) is 0 Å². The Balaban J connectivity index is 1.87. The molecule has 0 aliphatic heterocycles. The molecule has 2 aromatic heterocycles. The van der Waals surface area contributed by atoms with E-state index in [9.17, 15) is 10.2 Å². The highest BCUT2D eigenvalue weighted by Crippen LogP contribution is 2.29. The Kier molecular flexibility index (Phi) is 4.72. The first-order valence-electron chi connectivity index (χ1n) is 7.64. The van der Waals surface area contributed by atoms with E-state index in [-0.39, 0.29) is 0 Å². The lowest BCUT2D eigenvalue weighted by Gasteiger charge is -2.25. The van der Waals surface area contributed by atoms with Crippen LogP contribution in [0, 0.1) is 0 Å². The Bertz CT molecular complexity index is 559. The molecule has 0 radical (unpaired) electrons. The maximum Gasteiger partial charge on any atom is 0.140 e. The van der Waals surface area contributed by atoms with Crippen LogP contribution in [0.15, 0.2) is 24.8 Å². The van der Waals surface area contributed by atoms with Gasteiger partial charge in [0.25, 0.3) is 0 Å². The highest BCUT2D eigenvalue weighted by molar-refractivity contribution is 5.04. The molecule has 0 saturated heterocycles. The molecule has 6 heteroatoms. The number of nitrogens with zero attached hydrogens (tertiary/aromatic N) is 4. The first-order valence-corrected chi connectivity index (χ1v) is 7.64. The molecule has 2 unspecified atom stereocenters. The van der Waals surface area contributed by atoms with E-state index >= 15 is 0 Å². The normalized spacial score (nSPS) is 17.2. The standard InChI is InChI=1S/C16H26N4O2/c1-15(21,13-17-9-11-19(13)3)7-5-6-8-16(2,22)14-18-10-12-20(14)4/h9-12,21-22H,5-8H2,1-4H3. The second-order valence-electron chi connectivity index (χ2n) is 6.48. The first-order chi connectivity index (χ1) is 10.2. The van der Waals surface area contributed by atoms with Gasteiger partial charge in [0, 0.05) is 38.9 Å². The summed E-state index contributed by atoms with van der Waals surface area (Å²) in [6.45, 7) is 3.57. The molecule has 0 aliphatic carbocycles. The van der Waals surface area contributed by atoms with Gasteiger partial charge in [-0.2, -0.15) is 0 Å². The number of aryl methyl sites for hydroxylation is 2. The van der Waals surface area contributed by atoms with Crippen molar-refractivity contribution in [1.82, 2.24) is 19.1 Å². The SMILES string of the molecule is Cn1ccnc1C(C)(O)CCCCC(C)(O)c1nccn1C. The van der Waals surface area contributed by atoms with Crippen LogP contribution in [-0.2, 0) is 25.3 Å². The molecule has 6 nitrogen and oxygen atoms in total. The van der Waals surface area contributed by atoms with Crippen molar-refractivity contribution >= 4 is 0 Å². The van der Waals surface area contributed by atoms with Gasteiger partial charge in [0.1, 0.15) is 22.9 Å². The Hall–Kier alpha value is -1.66. The Morgan fingerprint density at radius 1 is 0.864 bits per heavy atom. The van der Waals surface area contributed by atoms with Crippen molar-refractivity contribution in [3.8, 4) is 0 Å². The lowest BCUT2D eigenvalue weighted by molar-refractivity contribution is 0.0183. The lowest BCUT2D eigenvalue weighted by atomic mass is 9.93. The van der Waals surface area contributed by atoms with Crippen molar-refractivity contribution in [2.75, 3.05) is 0 Å². The van der Waals surface area contributed by atoms with Gasteiger partial charge < -0.3 is 19.3 Å². The molecule has 2 aromatic rings. The maximum absolute atomic E-state index is 10.6. The molecule has 2 atom stereocenters. The molecule has 122 valence electrons. The second kappa shape index (κ2) is 6.22. The van der Waals surface area contributed by atoms with Crippen molar-refractivity contribution in [3.05, 3.63) is 36.4 Å². The van der Waals surface area contributed by atoms with Crippen LogP contribution >= 0.6 is 0 Å². The summed E-state index contributed by atoms with van der Waals surface area (Å²) < 4.78 is 3.67. The largest absolute Gasteiger partial charge is 0.382 e. The minimum absolute atomic E-state index is 0.606. The fourth-order valence-corrected chi connectivity index (χ4v) is 2.93. The van der Waals surface area contributed by atoms with E-state index in [0.717, 1.165) is 12.8 Å². The molecular weight excluding hydrogens is 280 g/mol. The number of hydrogen-bond donors (Lipinski definition) is 2. The van der Waals surface area contributed by atoms with E-state index in [1.54, 1.807) is 26.2 Å². The monoisotopic (exact) mass is 306 g/mol. The van der Waals surface area contributed by atoms with Crippen LogP contribution in [0.4, 0.5) is 0 Å². The summed E-state index contributed by atoms with van der Waals surface area (Å²) in [6, 6.07) is 0. The van der Waals surface area contributed by atoms with Gasteiger partial charge >= 0.3 is 0 Å². The molecule has 0 saturated carbocycles. The predicted molar refractivity (Wildman–Crippen MR) is 84.0 cm³/mol. The number of unbranched alkanes of at least 4 members (excludes halogenated alkanes) is 1. The van der Waals surface area contributed by atoms with Gasteiger partial charge in [-0.3, -0.25) is 0 Å². The summed E-state index contributed by atoms with van der Waals surface area (Å²) in [6.07, 6.45) is 9.86. The molecular formula is C16H26N4O2. The number of imidazole rings is 2. The van der Waals surface area contributed by atoms with E-state index < -0.39 is 11.2 Å². The minimum atomic E-state index is -0.951. The summed E-state index contributed by atoms with van der Waals surface area (Å²) in [4.78, 5) is 8.43. The zero-order valence-corrected chi connectivity index (χ0v) is 13.8. The van der Waals surface area contributed by atoms with Crippen LogP contribution < -0.4 is 0 Å². The summed E-state index contributed by atoms with van der Waals surface area (Å²) in [5, 5.41) is 21.1. The van der Waals surface area contributed by atoms with E-state index in [1.807, 2.05) is 35.6 Å². The third-order valence-electron chi connectivity index (χ3n) is 4.18. The van der Waals surface area contributed by atoms with Crippen LogP contribution in [0.5, 0.6) is 0 Å². The lowest BCUT2D eigenvalue weighted by Crippen LogP contribution is -2.27. The van der Waals surface area contributed by atoms with Crippen molar-refractivity contribution < 1.29 is 10.2 Å². The number of aliphatic hydroxyl groups is 2. The Morgan fingerprint density at radius 3 is 1.50 bits per heavy atom. The highest BCUT2D eigenvalue weighted by Gasteiger charge is 2.29. The van der Waals surface area contributed by atoms with Gasteiger partial charge in [-0.25, -0.2) is 9.97 Å². The van der Waals surface area contributed by atoms with E-state index in [1.165, 1.54) is 0 Å². The average Bonchev–Trinajstić information content (AvgIpc) is 3.04. The molecule has 2 N–H and O–H groups in total. The molecule has 0 spiro atoms. The fraction of sp³-hybridized carbons (Fsp3) is 0.625. The third kappa shape index (κ3) is 3.56. The highest BCUT2D eigenvalue weighted by atomic mass is 16.3. The van der Waals surface area contributed by atoms with Crippen LogP contribution in [0.2, 0.25) is 0 Å². The van der Waals surface area contributed by atoms with Crippen molar-refractivity contribution in [2.45, 2.75) is 50.7 Å². The van der Waals surface area contributed by atoms with Crippen LogP contribution in [-0.4, -0.2) is 29.3 Å². The molecule has 0 aliphatic rings. The zero-order valence-electron chi connectivity index (χ0n) is 13.8. The average molecular weight is 306 g/mol. The van der Waals surface area contributed by atoms with Gasteiger partial charge in [0.15, 0.2) is 0 Å². The summed E-state index contributed by atoms with van der Waals surface area (Å²) in [5.74, 6) is 1.34. The zero-order chi connectivity index (χ0) is 16.4. The van der Waals surface area contributed by atoms with Crippen LogP contribution in [0.3, 0.4) is 0 Å². The Morgan fingerprint density at radius 2 is 1.23 bits per heavy atom. The van der Waals surface area contributed by atoms with Crippen LogP contribution in [0.1, 0.15) is 51.2 Å². The molecule has 0 bridgehead atoms. The van der Waals surface area contributed by atoms with Gasteiger partial charge in [0.05, 0.1) is 0 Å². The number of rotatable bonds is 7. The summed E-state index contributed by atoms with van der Waals surface area (Å²) in [7, 11) is 3.76. The smallest absolute Gasteiger partial charge is 0.140 e. The molecule has 0 amide bonds. The Labute approximate surface area is 131 Å². The third-order valence-corrected chi connectivity index (χ3v) is 4.18. The van der Waals surface area contributed by atoms with Crippen LogP contribution in [0.25, 0.3) is 0 Å². The van der Waals surface area contributed by atoms with E-state index in [2.05, 4.69) is 9.97 Å². The van der Waals surface area contributed by atoms with Crippen molar-refractivity contribution in [3.63, 3.8) is 0 Å². The van der Waals surface area contributed by atoms with E-state index in [0.29, 0.717) is 24.5 Å². The molecule has 2 rings (SSSR count). The van der Waals surface area contributed by atoms with Gasteiger partial charge in [-0.1, -0.05) is 12.8 Å². The predicted octanol–water partition coefficient (Wildman–Crippen LogP) is 1.83. The van der Waals surface area contributed by atoms with Crippen molar-refractivity contribution in [2.24, 2.45) is 14.1 Å². The molecule has 22 heavy (non-hydrogen) atoms. The van der Waals surface area contributed by atoms with Gasteiger partial charge in [0.2, 0.25) is 0 Å². The minimum Gasteiger partial charge on any atom is -0.382 e. The van der Waals surface area contributed by atoms with Gasteiger partial charge in [-0.05, 0) is 26.7 Å².